The second-order valence-electron chi connectivity index (χ2n) is 5.43. The zero-order valence-corrected chi connectivity index (χ0v) is 12.9. The van der Waals surface area contributed by atoms with Crippen LogP contribution in [0, 0.1) is 13.8 Å². The van der Waals surface area contributed by atoms with E-state index in [1.54, 1.807) is 18.5 Å². The Labute approximate surface area is 133 Å². The number of benzene rings is 1. The lowest BCUT2D eigenvalue weighted by atomic mass is 10.00. The third kappa shape index (κ3) is 3.29. The van der Waals surface area contributed by atoms with E-state index < -0.39 is 5.97 Å². The molecule has 0 radical (unpaired) electrons. The molecule has 2 heterocycles. The van der Waals surface area contributed by atoms with Crippen LogP contribution >= 0.6 is 0 Å². The van der Waals surface area contributed by atoms with E-state index in [1.165, 1.54) is 0 Å². The van der Waals surface area contributed by atoms with E-state index in [0.29, 0.717) is 12.3 Å². The summed E-state index contributed by atoms with van der Waals surface area (Å²) in [5, 5.41) is 9.05. The fourth-order valence-electron chi connectivity index (χ4n) is 2.38. The van der Waals surface area contributed by atoms with Gasteiger partial charge in [0.05, 0.1) is 0 Å². The molecule has 3 aromatic rings. The van der Waals surface area contributed by atoms with Gasteiger partial charge in [-0.05, 0) is 36.1 Å². The molecule has 0 aliphatic rings. The largest absolute Gasteiger partial charge is 0.477 e. The van der Waals surface area contributed by atoms with Crippen LogP contribution in [0.5, 0.6) is 0 Å². The first-order valence-corrected chi connectivity index (χ1v) is 7.23. The van der Waals surface area contributed by atoms with Crippen LogP contribution in [0.4, 0.5) is 0 Å². The number of carboxylic acids is 1. The van der Waals surface area contributed by atoms with Crippen LogP contribution in [0.1, 0.15) is 33.1 Å². The van der Waals surface area contributed by atoms with Gasteiger partial charge in [-0.2, -0.15) is 0 Å². The number of oxazole rings is 1. The second-order valence-corrected chi connectivity index (χ2v) is 5.43. The summed E-state index contributed by atoms with van der Waals surface area (Å²) in [6, 6.07) is 9.63. The van der Waals surface area contributed by atoms with E-state index in [4.69, 9.17) is 9.52 Å². The molecule has 3 rings (SSSR count). The predicted octanol–water partition coefficient (Wildman–Crippen LogP) is 3.64. The number of aryl methyl sites for hydroxylation is 2. The monoisotopic (exact) mass is 308 g/mol. The summed E-state index contributed by atoms with van der Waals surface area (Å²) in [7, 11) is 0. The summed E-state index contributed by atoms with van der Waals surface area (Å²) in [6.45, 7) is 3.74. The van der Waals surface area contributed by atoms with Gasteiger partial charge in [0.1, 0.15) is 17.7 Å². The van der Waals surface area contributed by atoms with Gasteiger partial charge in [0.25, 0.3) is 0 Å². The Hall–Kier alpha value is -2.95. The van der Waals surface area contributed by atoms with Crippen molar-refractivity contribution in [2.24, 2.45) is 0 Å². The highest BCUT2D eigenvalue weighted by Crippen LogP contribution is 2.21. The fourth-order valence-corrected chi connectivity index (χ4v) is 2.38. The number of pyridine rings is 1. The summed E-state index contributed by atoms with van der Waals surface area (Å²) in [6.07, 6.45) is 3.90. The first kappa shape index (κ1) is 15.0. The summed E-state index contributed by atoms with van der Waals surface area (Å²) >= 11 is 0. The van der Waals surface area contributed by atoms with Gasteiger partial charge in [-0.15, -0.1) is 0 Å². The molecule has 0 spiro atoms. The standard InChI is InChI=1S/C18H16N2O3/c1-11-9-19-16(18(21)22)8-15(11)7-13-3-5-14(6-4-13)17-10-23-12(2)20-17/h3-6,8-10H,7H2,1-2H3,(H,21,22). The molecule has 0 bridgehead atoms. The van der Waals surface area contributed by atoms with E-state index in [2.05, 4.69) is 9.97 Å². The molecule has 23 heavy (non-hydrogen) atoms. The zero-order valence-electron chi connectivity index (χ0n) is 12.9. The van der Waals surface area contributed by atoms with Crippen LogP contribution in [0.3, 0.4) is 0 Å². The quantitative estimate of drug-likeness (QED) is 0.796. The maximum atomic E-state index is 11.0. The van der Waals surface area contributed by atoms with Crippen LogP contribution in [-0.2, 0) is 6.42 Å². The minimum atomic E-state index is -1.01. The van der Waals surface area contributed by atoms with Gasteiger partial charge in [-0.25, -0.2) is 14.8 Å². The average Bonchev–Trinajstić information content (AvgIpc) is 2.96. The summed E-state index contributed by atoms with van der Waals surface area (Å²) in [5.74, 6) is -0.374. The molecule has 2 aromatic heterocycles. The van der Waals surface area contributed by atoms with Crippen LogP contribution in [0.25, 0.3) is 11.3 Å². The van der Waals surface area contributed by atoms with Crippen molar-refractivity contribution in [3.05, 3.63) is 71.1 Å². The Balaban J connectivity index is 1.83. The molecular weight excluding hydrogens is 292 g/mol. The van der Waals surface area contributed by atoms with Crippen molar-refractivity contribution in [1.29, 1.82) is 0 Å². The molecule has 0 unspecified atom stereocenters. The smallest absolute Gasteiger partial charge is 0.354 e. The van der Waals surface area contributed by atoms with Gasteiger partial charge in [-0.3, -0.25) is 0 Å². The number of rotatable bonds is 4. The number of nitrogens with zero attached hydrogens (tertiary/aromatic N) is 2. The molecule has 0 saturated heterocycles. The van der Waals surface area contributed by atoms with Crippen molar-refractivity contribution in [3.8, 4) is 11.3 Å². The second kappa shape index (κ2) is 6.04. The third-order valence-corrected chi connectivity index (χ3v) is 3.70. The molecule has 1 aromatic carbocycles. The summed E-state index contributed by atoms with van der Waals surface area (Å²) in [4.78, 5) is 19.3. The Morgan fingerprint density at radius 2 is 1.96 bits per heavy atom. The van der Waals surface area contributed by atoms with Gasteiger partial charge in [-0.1, -0.05) is 24.3 Å². The van der Waals surface area contributed by atoms with Crippen LogP contribution in [0.2, 0.25) is 0 Å². The maximum absolute atomic E-state index is 11.0. The average molecular weight is 308 g/mol. The van der Waals surface area contributed by atoms with Crippen molar-refractivity contribution in [2.45, 2.75) is 20.3 Å². The topological polar surface area (TPSA) is 76.2 Å². The first-order chi connectivity index (χ1) is 11.0. The molecule has 0 atom stereocenters. The number of hydrogen-bond acceptors (Lipinski definition) is 4. The van der Waals surface area contributed by atoms with E-state index in [9.17, 15) is 4.79 Å². The number of aromatic carboxylic acids is 1. The highest BCUT2D eigenvalue weighted by atomic mass is 16.4. The minimum Gasteiger partial charge on any atom is -0.477 e. The van der Waals surface area contributed by atoms with Gasteiger partial charge in [0.2, 0.25) is 0 Å². The lowest BCUT2D eigenvalue weighted by molar-refractivity contribution is 0.0690. The number of aromatic nitrogens is 2. The lowest BCUT2D eigenvalue weighted by Gasteiger charge is -2.07. The lowest BCUT2D eigenvalue weighted by Crippen LogP contribution is -2.03. The number of carboxylic acid groups (broad SMARTS) is 1. The molecule has 0 aliphatic carbocycles. The minimum absolute atomic E-state index is 0.0697. The Morgan fingerprint density at radius 3 is 2.57 bits per heavy atom. The van der Waals surface area contributed by atoms with Crippen LogP contribution in [0.15, 0.2) is 47.2 Å². The Morgan fingerprint density at radius 1 is 1.22 bits per heavy atom. The normalized spacial score (nSPS) is 10.7. The number of hydrogen-bond donors (Lipinski definition) is 1. The predicted molar refractivity (Wildman–Crippen MR) is 85.4 cm³/mol. The van der Waals surface area contributed by atoms with Gasteiger partial charge >= 0.3 is 5.97 Å². The zero-order chi connectivity index (χ0) is 16.4. The molecule has 5 heteroatoms. The summed E-state index contributed by atoms with van der Waals surface area (Å²) < 4.78 is 5.22. The third-order valence-electron chi connectivity index (χ3n) is 3.70. The van der Waals surface area contributed by atoms with Crippen molar-refractivity contribution in [1.82, 2.24) is 9.97 Å². The van der Waals surface area contributed by atoms with Crippen molar-refractivity contribution < 1.29 is 14.3 Å². The molecule has 116 valence electrons. The van der Waals surface area contributed by atoms with Gasteiger partial charge in [0, 0.05) is 18.7 Å². The van der Waals surface area contributed by atoms with Crippen molar-refractivity contribution >= 4 is 5.97 Å². The van der Waals surface area contributed by atoms with Crippen LogP contribution < -0.4 is 0 Å². The highest BCUT2D eigenvalue weighted by Gasteiger charge is 2.09. The molecule has 5 nitrogen and oxygen atoms in total. The molecular formula is C18H16N2O3. The molecule has 0 fully saturated rings. The van der Waals surface area contributed by atoms with E-state index >= 15 is 0 Å². The van der Waals surface area contributed by atoms with Crippen LogP contribution in [-0.4, -0.2) is 21.0 Å². The maximum Gasteiger partial charge on any atom is 0.354 e. The highest BCUT2D eigenvalue weighted by molar-refractivity contribution is 5.85. The first-order valence-electron chi connectivity index (χ1n) is 7.23. The number of carbonyl (C=O) groups is 1. The van der Waals surface area contributed by atoms with Gasteiger partial charge in [0.15, 0.2) is 5.89 Å². The van der Waals surface area contributed by atoms with Crippen molar-refractivity contribution in [3.63, 3.8) is 0 Å². The Kier molecular flexibility index (Phi) is 3.93. The fraction of sp³-hybridized carbons (Fsp3) is 0.167. The summed E-state index contributed by atoms with van der Waals surface area (Å²) in [5.41, 5.74) is 4.90. The molecule has 0 amide bonds. The van der Waals surface area contributed by atoms with Crippen molar-refractivity contribution in [2.75, 3.05) is 0 Å². The van der Waals surface area contributed by atoms with E-state index in [1.807, 2.05) is 38.1 Å². The SMILES string of the molecule is Cc1nc(-c2ccc(Cc3cc(C(=O)O)ncc3C)cc2)co1. The molecule has 1 N–H and O–H groups in total. The molecule has 0 saturated carbocycles. The molecule has 0 aliphatic heterocycles. The Bertz CT molecular complexity index is 851. The van der Waals surface area contributed by atoms with E-state index in [0.717, 1.165) is 27.9 Å². The van der Waals surface area contributed by atoms with Gasteiger partial charge < -0.3 is 9.52 Å². The van der Waals surface area contributed by atoms with E-state index in [-0.39, 0.29) is 5.69 Å².